The molecule has 0 aliphatic rings. The van der Waals surface area contributed by atoms with E-state index in [1.807, 2.05) is 25.9 Å². The molecule has 110 valence electrons. The standard InChI is InChI=1S/C14H19BrN2O3/c1-10-8-11(4-5-12(10)15)14(20)17(9-13(18)19)7-6-16(2)3/h4-5,8H,6-7,9H2,1-3H3,(H,18,19). The summed E-state index contributed by atoms with van der Waals surface area (Å²) in [7, 11) is 3.76. The smallest absolute Gasteiger partial charge is 0.323 e. The van der Waals surface area contributed by atoms with E-state index in [1.54, 1.807) is 18.2 Å². The largest absolute Gasteiger partial charge is 0.480 e. The number of carbonyl (C=O) groups excluding carboxylic acids is 1. The van der Waals surface area contributed by atoms with E-state index < -0.39 is 5.97 Å². The maximum Gasteiger partial charge on any atom is 0.323 e. The Kier molecular flexibility index (Phi) is 6.16. The molecule has 0 saturated heterocycles. The molecule has 0 atom stereocenters. The summed E-state index contributed by atoms with van der Waals surface area (Å²) in [6, 6.07) is 5.26. The maximum absolute atomic E-state index is 12.4. The van der Waals surface area contributed by atoms with Crippen molar-refractivity contribution >= 4 is 27.8 Å². The Morgan fingerprint density at radius 3 is 2.40 bits per heavy atom. The van der Waals surface area contributed by atoms with Gasteiger partial charge in [-0.3, -0.25) is 9.59 Å². The lowest BCUT2D eigenvalue weighted by atomic mass is 10.1. The van der Waals surface area contributed by atoms with Gasteiger partial charge >= 0.3 is 5.97 Å². The van der Waals surface area contributed by atoms with Gasteiger partial charge in [-0.05, 0) is 44.8 Å². The zero-order valence-electron chi connectivity index (χ0n) is 11.9. The van der Waals surface area contributed by atoms with Gasteiger partial charge in [0.15, 0.2) is 0 Å². The van der Waals surface area contributed by atoms with Crippen LogP contribution in [0.15, 0.2) is 22.7 Å². The van der Waals surface area contributed by atoms with Crippen molar-refractivity contribution in [1.82, 2.24) is 9.80 Å². The Hall–Kier alpha value is -1.40. The summed E-state index contributed by atoms with van der Waals surface area (Å²) in [5.74, 6) is -1.27. The topological polar surface area (TPSA) is 60.9 Å². The number of nitrogens with zero attached hydrogens (tertiary/aromatic N) is 2. The van der Waals surface area contributed by atoms with Crippen LogP contribution >= 0.6 is 15.9 Å². The predicted molar refractivity (Wildman–Crippen MR) is 81.0 cm³/mol. The number of carbonyl (C=O) groups is 2. The number of benzene rings is 1. The highest BCUT2D eigenvalue weighted by Gasteiger charge is 2.19. The van der Waals surface area contributed by atoms with Gasteiger partial charge in [0, 0.05) is 23.1 Å². The number of hydrogen-bond donors (Lipinski definition) is 1. The summed E-state index contributed by atoms with van der Waals surface area (Å²) in [5.41, 5.74) is 1.45. The summed E-state index contributed by atoms with van der Waals surface area (Å²) in [4.78, 5) is 26.5. The summed E-state index contributed by atoms with van der Waals surface area (Å²) in [6.45, 7) is 2.60. The molecule has 1 amide bonds. The Morgan fingerprint density at radius 2 is 1.90 bits per heavy atom. The Labute approximate surface area is 127 Å². The van der Waals surface area contributed by atoms with Crippen molar-refractivity contribution in [2.24, 2.45) is 0 Å². The van der Waals surface area contributed by atoms with Crippen molar-refractivity contribution in [3.8, 4) is 0 Å². The molecular weight excluding hydrogens is 324 g/mol. The SMILES string of the molecule is Cc1cc(C(=O)N(CCN(C)C)CC(=O)O)ccc1Br. The number of amides is 1. The van der Waals surface area contributed by atoms with Gasteiger partial charge in [0.05, 0.1) is 0 Å². The minimum atomic E-state index is -1.01. The van der Waals surface area contributed by atoms with Crippen molar-refractivity contribution in [2.45, 2.75) is 6.92 Å². The highest BCUT2D eigenvalue weighted by Crippen LogP contribution is 2.18. The van der Waals surface area contributed by atoms with Crippen molar-refractivity contribution in [3.63, 3.8) is 0 Å². The Balaban J connectivity index is 2.90. The molecule has 0 radical (unpaired) electrons. The molecular formula is C14H19BrN2O3. The molecule has 1 aromatic carbocycles. The van der Waals surface area contributed by atoms with Crippen LogP contribution in [0.2, 0.25) is 0 Å². The fourth-order valence-electron chi connectivity index (χ4n) is 1.70. The van der Waals surface area contributed by atoms with Gasteiger partial charge < -0.3 is 14.9 Å². The first-order valence-corrected chi connectivity index (χ1v) is 7.02. The minimum Gasteiger partial charge on any atom is -0.480 e. The minimum absolute atomic E-state index is 0.259. The van der Waals surface area contributed by atoms with Gasteiger partial charge in [0.1, 0.15) is 6.54 Å². The van der Waals surface area contributed by atoms with E-state index in [0.717, 1.165) is 10.0 Å². The number of halogens is 1. The molecule has 0 aliphatic heterocycles. The molecule has 0 saturated carbocycles. The molecule has 0 aromatic heterocycles. The quantitative estimate of drug-likeness (QED) is 0.856. The highest BCUT2D eigenvalue weighted by atomic mass is 79.9. The van der Waals surface area contributed by atoms with E-state index >= 15 is 0 Å². The van der Waals surface area contributed by atoms with Gasteiger partial charge in [0.2, 0.25) is 0 Å². The molecule has 0 bridgehead atoms. The van der Waals surface area contributed by atoms with E-state index in [9.17, 15) is 9.59 Å². The van der Waals surface area contributed by atoms with Gasteiger partial charge in [-0.25, -0.2) is 0 Å². The summed E-state index contributed by atoms with van der Waals surface area (Å²) < 4.78 is 0.923. The van der Waals surface area contributed by atoms with E-state index in [-0.39, 0.29) is 12.5 Å². The molecule has 1 aromatic rings. The first-order valence-electron chi connectivity index (χ1n) is 6.23. The molecule has 0 aliphatic carbocycles. The summed E-state index contributed by atoms with van der Waals surface area (Å²) >= 11 is 3.38. The van der Waals surface area contributed by atoms with E-state index in [0.29, 0.717) is 18.7 Å². The van der Waals surface area contributed by atoms with Crippen LogP contribution in [0.1, 0.15) is 15.9 Å². The van der Waals surface area contributed by atoms with Crippen molar-refractivity contribution < 1.29 is 14.7 Å². The Morgan fingerprint density at radius 1 is 1.25 bits per heavy atom. The lowest BCUT2D eigenvalue weighted by molar-refractivity contribution is -0.137. The Bertz CT molecular complexity index is 503. The second-order valence-electron chi connectivity index (χ2n) is 4.89. The monoisotopic (exact) mass is 342 g/mol. The second-order valence-corrected chi connectivity index (χ2v) is 5.74. The number of rotatable bonds is 6. The maximum atomic E-state index is 12.4. The average Bonchev–Trinajstić information content (AvgIpc) is 2.36. The van der Waals surface area contributed by atoms with Crippen LogP contribution < -0.4 is 0 Å². The predicted octanol–water partition coefficient (Wildman–Crippen LogP) is 1.85. The molecule has 1 N–H and O–H groups in total. The van der Waals surface area contributed by atoms with Gasteiger partial charge in [-0.15, -0.1) is 0 Å². The van der Waals surface area contributed by atoms with Crippen molar-refractivity contribution in [1.29, 1.82) is 0 Å². The number of carboxylic acid groups (broad SMARTS) is 1. The van der Waals surface area contributed by atoms with Crippen LogP contribution in [0, 0.1) is 6.92 Å². The second kappa shape index (κ2) is 7.40. The van der Waals surface area contributed by atoms with E-state index in [2.05, 4.69) is 15.9 Å². The van der Waals surface area contributed by atoms with Crippen LogP contribution in [0.25, 0.3) is 0 Å². The fraction of sp³-hybridized carbons (Fsp3) is 0.429. The van der Waals surface area contributed by atoms with E-state index in [4.69, 9.17) is 5.11 Å². The van der Waals surface area contributed by atoms with Crippen LogP contribution in [0.3, 0.4) is 0 Å². The lowest BCUT2D eigenvalue weighted by Crippen LogP contribution is -2.40. The van der Waals surface area contributed by atoms with Gasteiger partial charge in [-0.1, -0.05) is 15.9 Å². The third-order valence-corrected chi connectivity index (χ3v) is 3.73. The van der Waals surface area contributed by atoms with Crippen LogP contribution in [-0.4, -0.2) is 60.5 Å². The third-order valence-electron chi connectivity index (χ3n) is 2.84. The van der Waals surface area contributed by atoms with Crippen molar-refractivity contribution in [2.75, 3.05) is 33.7 Å². The number of carboxylic acids is 1. The van der Waals surface area contributed by atoms with Gasteiger partial charge in [0.25, 0.3) is 5.91 Å². The zero-order valence-corrected chi connectivity index (χ0v) is 13.5. The number of hydrogen-bond acceptors (Lipinski definition) is 3. The fourth-order valence-corrected chi connectivity index (χ4v) is 1.94. The average molecular weight is 343 g/mol. The number of aliphatic carboxylic acids is 1. The zero-order chi connectivity index (χ0) is 15.3. The van der Waals surface area contributed by atoms with Crippen LogP contribution in [-0.2, 0) is 4.79 Å². The molecule has 1 rings (SSSR count). The normalized spacial score (nSPS) is 10.7. The lowest BCUT2D eigenvalue weighted by Gasteiger charge is -2.23. The third kappa shape index (κ3) is 4.94. The van der Waals surface area contributed by atoms with Crippen LogP contribution in [0.4, 0.5) is 0 Å². The molecule has 0 spiro atoms. The number of aryl methyl sites for hydroxylation is 1. The van der Waals surface area contributed by atoms with Crippen molar-refractivity contribution in [3.05, 3.63) is 33.8 Å². The first-order chi connectivity index (χ1) is 9.31. The number of likely N-dealkylation sites (N-methyl/N-ethyl adjacent to an activating group) is 1. The first kappa shape index (κ1) is 16.7. The molecule has 0 heterocycles. The van der Waals surface area contributed by atoms with E-state index in [1.165, 1.54) is 4.90 Å². The highest BCUT2D eigenvalue weighted by molar-refractivity contribution is 9.10. The molecule has 0 fully saturated rings. The molecule has 6 heteroatoms. The van der Waals surface area contributed by atoms with Gasteiger partial charge in [-0.2, -0.15) is 0 Å². The van der Waals surface area contributed by atoms with Crippen LogP contribution in [0.5, 0.6) is 0 Å². The summed E-state index contributed by atoms with van der Waals surface area (Å²) in [5, 5.41) is 8.93. The molecule has 0 unspecified atom stereocenters. The summed E-state index contributed by atoms with van der Waals surface area (Å²) in [6.07, 6.45) is 0. The molecule has 20 heavy (non-hydrogen) atoms. The molecule has 5 nitrogen and oxygen atoms in total.